The normalized spacial score (nSPS) is 11.3. The number of aromatic nitrogens is 3. The zero-order valence-corrected chi connectivity index (χ0v) is 10.8. The molecule has 0 aliphatic rings. The van der Waals surface area contributed by atoms with Gasteiger partial charge in [0.2, 0.25) is 11.9 Å². The van der Waals surface area contributed by atoms with Crippen molar-refractivity contribution in [1.29, 1.82) is 0 Å². The number of carbonyl (C=O) groups is 1. The van der Waals surface area contributed by atoms with Crippen LogP contribution < -0.4 is 5.32 Å². The topological polar surface area (TPSA) is 70.7 Å². The van der Waals surface area contributed by atoms with E-state index in [1.54, 1.807) is 12.1 Å². The lowest BCUT2D eigenvalue weighted by atomic mass is 9.84. The van der Waals surface area contributed by atoms with Gasteiger partial charge < -0.3 is 0 Å². The monoisotopic (exact) mass is 264 g/mol. The van der Waals surface area contributed by atoms with Crippen LogP contribution in [-0.2, 0) is 10.2 Å². The Kier molecular flexibility index (Phi) is 3.34. The molecule has 1 aromatic heterocycles. The number of hydrogen-bond donors (Lipinski definition) is 2. The molecular weight excluding hydrogens is 252 g/mol. The van der Waals surface area contributed by atoms with Gasteiger partial charge >= 0.3 is 0 Å². The number of rotatable bonds is 3. The van der Waals surface area contributed by atoms with Crippen LogP contribution in [0.4, 0.5) is 5.95 Å². The van der Waals surface area contributed by atoms with E-state index < -0.39 is 5.41 Å². The molecule has 0 bridgehead atoms. The second-order valence-corrected chi connectivity index (χ2v) is 4.86. The summed E-state index contributed by atoms with van der Waals surface area (Å²) in [5, 5.41) is 9.53. The molecule has 1 heterocycles. The summed E-state index contributed by atoms with van der Waals surface area (Å²) < 4.78 is 0. The smallest absolute Gasteiger partial charge is 0.236 e. The van der Waals surface area contributed by atoms with Gasteiger partial charge in [0.25, 0.3) is 0 Å². The number of carbonyl (C=O) groups excluding carboxylic acids is 1. The first kappa shape index (κ1) is 12.6. The van der Waals surface area contributed by atoms with Gasteiger partial charge in [-0.1, -0.05) is 23.7 Å². The summed E-state index contributed by atoms with van der Waals surface area (Å²) in [6.07, 6.45) is 1.34. The zero-order valence-electron chi connectivity index (χ0n) is 10.1. The molecule has 2 aromatic rings. The Hall–Kier alpha value is -1.88. The molecule has 6 heteroatoms. The van der Waals surface area contributed by atoms with Gasteiger partial charge in [0.05, 0.1) is 5.41 Å². The van der Waals surface area contributed by atoms with Crippen LogP contribution in [0.2, 0.25) is 5.02 Å². The fourth-order valence-electron chi connectivity index (χ4n) is 1.54. The third-order valence-corrected chi connectivity index (χ3v) is 3.00. The van der Waals surface area contributed by atoms with Crippen molar-refractivity contribution in [2.75, 3.05) is 5.32 Å². The minimum absolute atomic E-state index is 0.179. The maximum Gasteiger partial charge on any atom is 0.236 e. The van der Waals surface area contributed by atoms with Crippen LogP contribution in [0.5, 0.6) is 0 Å². The molecule has 0 saturated heterocycles. The summed E-state index contributed by atoms with van der Waals surface area (Å²) >= 11 is 5.94. The molecule has 0 saturated carbocycles. The third-order valence-electron chi connectivity index (χ3n) is 2.76. The minimum atomic E-state index is -0.711. The highest BCUT2D eigenvalue weighted by molar-refractivity contribution is 6.30. The van der Waals surface area contributed by atoms with Crippen molar-refractivity contribution in [3.8, 4) is 0 Å². The van der Waals surface area contributed by atoms with Gasteiger partial charge in [0, 0.05) is 5.02 Å². The molecule has 94 valence electrons. The van der Waals surface area contributed by atoms with Crippen LogP contribution in [-0.4, -0.2) is 21.1 Å². The molecule has 0 fully saturated rings. The molecule has 0 aliphatic heterocycles. The van der Waals surface area contributed by atoms with Crippen molar-refractivity contribution >= 4 is 23.5 Å². The van der Waals surface area contributed by atoms with E-state index in [1.165, 1.54) is 6.33 Å². The summed E-state index contributed by atoms with van der Waals surface area (Å²) in [5.41, 5.74) is 0.129. The molecule has 0 atom stereocenters. The lowest BCUT2D eigenvalue weighted by molar-refractivity contribution is -0.120. The van der Waals surface area contributed by atoms with Gasteiger partial charge in [0.1, 0.15) is 6.33 Å². The van der Waals surface area contributed by atoms with Crippen molar-refractivity contribution in [1.82, 2.24) is 15.2 Å². The van der Waals surface area contributed by atoms with E-state index >= 15 is 0 Å². The summed E-state index contributed by atoms with van der Waals surface area (Å²) in [6.45, 7) is 3.65. The number of amides is 1. The van der Waals surface area contributed by atoms with E-state index in [9.17, 15) is 4.79 Å². The van der Waals surface area contributed by atoms with E-state index in [-0.39, 0.29) is 5.91 Å². The highest BCUT2D eigenvalue weighted by atomic mass is 35.5. The van der Waals surface area contributed by atoms with Gasteiger partial charge in [-0.2, -0.15) is 10.1 Å². The first-order chi connectivity index (χ1) is 8.50. The van der Waals surface area contributed by atoms with E-state index in [0.717, 1.165) is 5.56 Å². The maximum atomic E-state index is 12.2. The number of nitrogens with zero attached hydrogens (tertiary/aromatic N) is 2. The Morgan fingerprint density at radius 1 is 1.44 bits per heavy atom. The van der Waals surface area contributed by atoms with Gasteiger partial charge in [-0.15, -0.1) is 0 Å². The fraction of sp³-hybridized carbons (Fsp3) is 0.250. The molecule has 0 aliphatic carbocycles. The number of H-pyrrole nitrogens is 1. The van der Waals surface area contributed by atoms with Crippen LogP contribution in [0.3, 0.4) is 0 Å². The predicted molar refractivity (Wildman–Crippen MR) is 69.5 cm³/mol. The van der Waals surface area contributed by atoms with Crippen molar-refractivity contribution < 1.29 is 4.79 Å². The van der Waals surface area contributed by atoms with E-state index in [2.05, 4.69) is 20.5 Å². The predicted octanol–water partition coefficient (Wildman–Crippen LogP) is 2.37. The number of aromatic amines is 1. The van der Waals surface area contributed by atoms with Gasteiger partial charge in [-0.25, -0.2) is 5.10 Å². The summed E-state index contributed by atoms with van der Waals surface area (Å²) in [6, 6.07) is 7.24. The third kappa shape index (κ3) is 2.51. The second kappa shape index (κ2) is 4.78. The van der Waals surface area contributed by atoms with Gasteiger partial charge in [0.15, 0.2) is 0 Å². The fourth-order valence-corrected chi connectivity index (χ4v) is 1.73. The zero-order chi connectivity index (χ0) is 13.2. The molecule has 2 N–H and O–H groups in total. The lowest BCUT2D eigenvalue weighted by Crippen LogP contribution is -2.35. The van der Waals surface area contributed by atoms with Crippen LogP contribution >= 0.6 is 11.6 Å². The molecule has 2 rings (SSSR count). The Balaban J connectivity index is 2.22. The summed E-state index contributed by atoms with van der Waals surface area (Å²) in [4.78, 5) is 16.1. The van der Waals surface area contributed by atoms with Crippen molar-refractivity contribution in [2.24, 2.45) is 0 Å². The average Bonchev–Trinajstić information content (AvgIpc) is 2.81. The van der Waals surface area contributed by atoms with Crippen LogP contribution in [0.15, 0.2) is 30.6 Å². The second-order valence-electron chi connectivity index (χ2n) is 4.42. The van der Waals surface area contributed by atoms with Crippen molar-refractivity contribution in [2.45, 2.75) is 19.3 Å². The Morgan fingerprint density at radius 3 is 2.83 bits per heavy atom. The average molecular weight is 265 g/mol. The van der Waals surface area contributed by atoms with Crippen molar-refractivity contribution in [3.05, 3.63) is 41.2 Å². The number of halogens is 1. The Labute approximate surface area is 110 Å². The molecular formula is C12H13ClN4O. The summed E-state index contributed by atoms with van der Waals surface area (Å²) in [5.74, 6) is 0.150. The lowest BCUT2D eigenvalue weighted by Gasteiger charge is -2.23. The largest absolute Gasteiger partial charge is 0.294 e. The van der Waals surface area contributed by atoms with E-state index in [4.69, 9.17) is 11.6 Å². The molecule has 0 unspecified atom stereocenters. The Morgan fingerprint density at radius 2 is 2.22 bits per heavy atom. The number of benzene rings is 1. The molecule has 0 radical (unpaired) electrons. The van der Waals surface area contributed by atoms with Crippen LogP contribution in [0.25, 0.3) is 0 Å². The Bertz CT molecular complexity index is 551. The first-order valence-corrected chi connectivity index (χ1v) is 5.81. The maximum absolute atomic E-state index is 12.2. The molecule has 0 spiro atoms. The van der Waals surface area contributed by atoms with Gasteiger partial charge in [-0.05, 0) is 31.5 Å². The standard InChI is InChI=1S/C12H13ClN4O/c1-12(2,8-4-3-5-9(13)6-8)10(18)16-11-14-7-15-17-11/h3-7H,1-2H3,(H2,14,15,16,17,18). The number of hydrogen-bond acceptors (Lipinski definition) is 3. The SMILES string of the molecule is CC(C)(C(=O)Nc1ncn[nH]1)c1cccc(Cl)c1. The highest BCUT2D eigenvalue weighted by Gasteiger charge is 2.30. The van der Waals surface area contributed by atoms with E-state index in [0.29, 0.717) is 11.0 Å². The summed E-state index contributed by atoms with van der Waals surface area (Å²) in [7, 11) is 0. The number of anilines is 1. The first-order valence-electron chi connectivity index (χ1n) is 5.43. The molecule has 1 amide bonds. The molecule has 18 heavy (non-hydrogen) atoms. The molecule has 1 aromatic carbocycles. The van der Waals surface area contributed by atoms with Gasteiger partial charge in [-0.3, -0.25) is 10.1 Å². The van der Waals surface area contributed by atoms with Crippen LogP contribution in [0, 0.1) is 0 Å². The molecule has 5 nitrogen and oxygen atoms in total. The quantitative estimate of drug-likeness (QED) is 0.894. The minimum Gasteiger partial charge on any atom is -0.294 e. The van der Waals surface area contributed by atoms with E-state index in [1.807, 2.05) is 26.0 Å². The van der Waals surface area contributed by atoms with Crippen LogP contribution in [0.1, 0.15) is 19.4 Å². The van der Waals surface area contributed by atoms with Crippen molar-refractivity contribution in [3.63, 3.8) is 0 Å². The number of nitrogens with one attached hydrogen (secondary N) is 2. The highest BCUT2D eigenvalue weighted by Crippen LogP contribution is 2.26.